The molecule has 12 heavy (non-hydrogen) atoms. The van der Waals surface area contributed by atoms with E-state index in [-0.39, 0.29) is 5.54 Å². The van der Waals surface area contributed by atoms with Crippen LogP contribution in [-0.2, 0) is 9.09 Å². The molecule has 0 N–H and O–H groups in total. The van der Waals surface area contributed by atoms with Gasteiger partial charge in [-0.1, -0.05) is 0 Å². The van der Waals surface area contributed by atoms with Crippen LogP contribution in [0.25, 0.3) is 0 Å². The van der Waals surface area contributed by atoms with Crippen molar-refractivity contribution in [1.82, 2.24) is 4.67 Å². The van der Waals surface area contributed by atoms with Crippen molar-refractivity contribution < 1.29 is 9.09 Å². The molecule has 0 amide bonds. The van der Waals surface area contributed by atoms with E-state index in [1.54, 1.807) is 11.3 Å². The first-order valence-corrected chi connectivity index (χ1v) is 6.01. The van der Waals surface area contributed by atoms with Crippen LogP contribution in [0.2, 0.25) is 0 Å². The normalized spacial score (nSPS) is 30.1. The molecule has 1 aliphatic rings. The Bertz CT molecular complexity index is 265. The summed E-state index contributed by atoms with van der Waals surface area (Å²) in [7, 11) is -2.59. The molecule has 4 heteroatoms. The number of nitrogens with zero attached hydrogens (tertiary/aromatic N) is 1. The minimum absolute atomic E-state index is 0.137. The molecule has 0 spiro atoms. The van der Waals surface area contributed by atoms with Gasteiger partial charge >= 0.3 is 7.52 Å². The third-order valence-corrected chi connectivity index (χ3v) is 3.82. The van der Waals surface area contributed by atoms with Crippen molar-refractivity contribution in [2.24, 2.45) is 0 Å². The molecule has 0 bridgehead atoms. The van der Waals surface area contributed by atoms with Crippen LogP contribution in [0.5, 0.6) is 0 Å². The topological polar surface area (TPSA) is 29.5 Å². The molecule has 1 rings (SSSR count). The van der Waals surface area contributed by atoms with Gasteiger partial charge in [-0.2, -0.15) is 0 Å². The predicted molar refractivity (Wildman–Crippen MR) is 50.0 cm³/mol. The van der Waals surface area contributed by atoms with Gasteiger partial charge in [-0.3, -0.25) is 9.24 Å². The first-order valence-electron chi connectivity index (χ1n) is 3.99. The third kappa shape index (κ3) is 1.66. The molecule has 0 aromatic carbocycles. The summed E-state index contributed by atoms with van der Waals surface area (Å²) >= 11 is 0. The summed E-state index contributed by atoms with van der Waals surface area (Å²) < 4.78 is 18.9. The van der Waals surface area contributed by atoms with Crippen molar-refractivity contribution in [3.63, 3.8) is 0 Å². The fourth-order valence-electron chi connectivity index (χ4n) is 1.35. The van der Waals surface area contributed by atoms with Crippen molar-refractivity contribution in [3.05, 3.63) is 12.0 Å². The average Bonchev–Trinajstić information content (AvgIpc) is 2.02. The molecule has 1 heterocycles. The van der Waals surface area contributed by atoms with Crippen molar-refractivity contribution in [1.29, 1.82) is 0 Å². The van der Waals surface area contributed by atoms with Crippen LogP contribution >= 0.6 is 7.52 Å². The second kappa shape index (κ2) is 2.53. The van der Waals surface area contributed by atoms with E-state index < -0.39 is 7.52 Å². The second-order valence-corrected chi connectivity index (χ2v) is 6.37. The van der Waals surface area contributed by atoms with Crippen molar-refractivity contribution in [2.45, 2.75) is 33.2 Å². The minimum atomic E-state index is -2.59. The molecule has 0 saturated heterocycles. The van der Waals surface area contributed by atoms with E-state index in [1.807, 2.05) is 33.9 Å². The molecule has 1 atom stereocenters. The van der Waals surface area contributed by atoms with Crippen molar-refractivity contribution in [2.75, 3.05) is 6.66 Å². The third-order valence-electron chi connectivity index (χ3n) is 1.70. The smallest absolute Gasteiger partial charge is 0.340 e. The Balaban J connectivity index is 2.98. The molecule has 0 fully saturated rings. The summed E-state index contributed by atoms with van der Waals surface area (Å²) in [5, 5.41) is 0. The zero-order valence-electron chi connectivity index (χ0n) is 8.29. The van der Waals surface area contributed by atoms with Gasteiger partial charge < -0.3 is 4.52 Å². The van der Waals surface area contributed by atoms with Gasteiger partial charge in [0.1, 0.15) is 5.76 Å². The monoisotopic (exact) mass is 189 g/mol. The Morgan fingerprint density at radius 1 is 1.50 bits per heavy atom. The van der Waals surface area contributed by atoms with E-state index in [9.17, 15) is 4.57 Å². The molecular formula is C8H16NO2P. The summed E-state index contributed by atoms with van der Waals surface area (Å²) in [6, 6.07) is 0. The standard InChI is InChI=1S/C8H16NO2P/c1-7-6-9(8(2,3)4)12(5,10)11-7/h6H,1-5H3. The summed E-state index contributed by atoms with van der Waals surface area (Å²) in [4.78, 5) is 0. The Hall–Kier alpha value is -0.430. The van der Waals surface area contributed by atoms with Gasteiger partial charge in [-0.15, -0.1) is 0 Å². The van der Waals surface area contributed by atoms with Crippen LogP contribution in [0.1, 0.15) is 27.7 Å². The maximum absolute atomic E-state index is 11.9. The van der Waals surface area contributed by atoms with Crippen LogP contribution in [0.15, 0.2) is 12.0 Å². The van der Waals surface area contributed by atoms with E-state index >= 15 is 0 Å². The molecule has 0 radical (unpaired) electrons. The first kappa shape index (κ1) is 9.66. The highest BCUT2D eigenvalue weighted by Crippen LogP contribution is 2.57. The SMILES string of the molecule is CC1=CN(C(C)(C)C)P(C)(=O)O1. The Morgan fingerprint density at radius 2 is 2.00 bits per heavy atom. The second-order valence-electron chi connectivity index (χ2n) is 4.15. The highest BCUT2D eigenvalue weighted by Gasteiger charge is 2.38. The summed E-state index contributed by atoms with van der Waals surface area (Å²) in [5.74, 6) is 0.732. The van der Waals surface area contributed by atoms with Gasteiger partial charge in [0.25, 0.3) is 0 Å². The zero-order valence-corrected chi connectivity index (χ0v) is 9.18. The zero-order chi connectivity index (χ0) is 9.57. The molecule has 3 nitrogen and oxygen atoms in total. The Labute approximate surface area is 73.9 Å². The molecule has 0 aromatic heterocycles. The molecule has 0 aliphatic carbocycles. The lowest BCUT2D eigenvalue weighted by Crippen LogP contribution is -2.32. The fourth-order valence-corrected chi connectivity index (χ4v) is 3.48. The van der Waals surface area contributed by atoms with Crippen LogP contribution in [0.3, 0.4) is 0 Å². The van der Waals surface area contributed by atoms with Gasteiger partial charge in [-0.05, 0) is 27.7 Å². The average molecular weight is 189 g/mol. The van der Waals surface area contributed by atoms with E-state index in [2.05, 4.69) is 0 Å². The lowest BCUT2D eigenvalue weighted by atomic mass is 10.1. The number of allylic oxidation sites excluding steroid dienone is 1. The Morgan fingerprint density at radius 3 is 2.17 bits per heavy atom. The lowest BCUT2D eigenvalue weighted by Gasteiger charge is -2.33. The van der Waals surface area contributed by atoms with E-state index in [0.29, 0.717) is 0 Å². The van der Waals surface area contributed by atoms with Gasteiger partial charge in [0.15, 0.2) is 0 Å². The molecule has 1 aliphatic heterocycles. The highest BCUT2D eigenvalue weighted by atomic mass is 31.2. The molecule has 0 saturated carbocycles. The quantitative estimate of drug-likeness (QED) is 0.549. The molecule has 0 aromatic rings. The van der Waals surface area contributed by atoms with Gasteiger partial charge in [-0.25, -0.2) is 0 Å². The van der Waals surface area contributed by atoms with Crippen LogP contribution in [-0.4, -0.2) is 16.9 Å². The van der Waals surface area contributed by atoms with E-state index in [4.69, 9.17) is 4.52 Å². The molecule has 70 valence electrons. The number of hydrogen-bond donors (Lipinski definition) is 0. The summed E-state index contributed by atoms with van der Waals surface area (Å²) in [6.45, 7) is 9.51. The number of hydrogen-bond acceptors (Lipinski definition) is 2. The van der Waals surface area contributed by atoms with Crippen molar-refractivity contribution >= 4 is 7.52 Å². The molecular weight excluding hydrogens is 173 g/mol. The largest absolute Gasteiger partial charge is 0.432 e. The van der Waals surface area contributed by atoms with Crippen LogP contribution in [0, 0.1) is 0 Å². The van der Waals surface area contributed by atoms with Gasteiger partial charge in [0.05, 0.1) is 0 Å². The fraction of sp³-hybridized carbons (Fsp3) is 0.750. The Kier molecular flexibility index (Phi) is 2.03. The maximum Gasteiger partial charge on any atom is 0.340 e. The van der Waals surface area contributed by atoms with Crippen LogP contribution in [0.4, 0.5) is 0 Å². The van der Waals surface area contributed by atoms with Crippen molar-refractivity contribution in [3.8, 4) is 0 Å². The van der Waals surface area contributed by atoms with Gasteiger partial charge in [0, 0.05) is 18.4 Å². The highest BCUT2D eigenvalue weighted by molar-refractivity contribution is 7.56. The minimum Gasteiger partial charge on any atom is -0.432 e. The predicted octanol–water partition coefficient (Wildman–Crippen LogP) is 2.80. The summed E-state index contributed by atoms with van der Waals surface area (Å²) in [5.41, 5.74) is -0.137. The van der Waals surface area contributed by atoms with E-state index in [1.165, 1.54) is 0 Å². The summed E-state index contributed by atoms with van der Waals surface area (Å²) in [6.07, 6.45) is 1.82. The van der Waals surface area contributed by atoms with Gasteiger partial charge in [0.2, 0.25) is 0 Å². The maximum atomic E-state index is 11.9. The van der Waals surface area contributed by atoms with Crippen LogP contribution < -0.4 is 0 Å². The van der Waals surface area contributed by atoms with E-state index in [0.717, 1.165) is 5.76 Å². The lowest BCUT2D eigenvalue weighted by molar-refractivity contribution is 0.302. The first-order chi connectivity index (χ1) is 5.23. The molecule has 1 unspecified atom stereocenters. The number of rotatable bonds is 0.